The molecule has 0 radical (unpaired) electrons. The molecule has 1 amide bonds. The molecule has 0 atom stereocenters. The Balaban J connectivity index is 1.74. The largest absolute Gasteiger partial charge is 0.421 e. The molecule has 2 heterocycles. The summed E-state index contributed by atoms with van der Waals surface area (Å²) in [7, 11) is 1.59. The molecule has 0 spiro atoms. The van der Waals surface area contributed by atoms with Crippen LogP contribution in [0.2, 0.25) is 0 Å². The summed E-state index contributed by atoms with van der Waals surface area (Å²) in [4.78, 5) is 28.3. The van der Waals surface area contributed by atoms with Crippen LogP contribution < -0.4 is 10.5 Å². The van der Waals surface area contributed by atoms with Gasteiger partial charge in [-0.25, -0.2) is 0 Å². The van der Waals surface area contributed by atoms with Gasteiger partial charge in [-0.1, -0.05) is 18.2 Å². The molecule has 0 unspecified atom stereocenters. The molecule has 1 aliphatic heterocycles. The predicted octanol–water partition coefficient (Wildman–Crippen LogP) is 3.13. The van der Waals surface area contributed by atoms with E-state index in [0.29, 0.717) is 6.54 Å². The lowest BCUT2D eigenvalue weighted by molar-refractivity contribution is -0.139. The van der Waals surface area contributed by atoms with Crippen molar-refractivity contribution >= 4 is 11.6 Å². The number of para-hydroxylation sites is 1. The Morgan fingerprint density at radius 3 is 2.46 bits per heavy atom. The third-order valence-electron chi connectivity index (χ3n) is 4.90. The average Bonchev–Trinajstić information content (AvgIpc) is 3.17. The van der Waals surface area contributed by atoms with Crippen LogP contribution in [0.5, 0.6) is 0 Å². The van der Waals surface area contributed by atoms with Crippen molar-refractivity contribution < 1.29 is 18.0 Å². The number of nitrogens with zero attached hydrogens (tertiary/aromatic N) is 3. The standard InChI is InChI=1S/C20H22F3N3O2/c1-24(13-15-7-2-3-9-17(15)25-10-4-5-11-25)18(27)14-26-12-6-8-16(19(26)28)20(21,22)23/h2-3,6-9,12H,4-5,10-11,13-14H2,1H3. The van der Waals surface area contributed by atoms with Gasteiger partial charge in [0.25, 0.3) is 5.56 Å². The van der Waals surface area contributed by atoms with Crippen molar-refractivity contribution in [3.63, 3.8) is 0 Å². The van der Waals surface area contributed by atoms with E-state index >= 15 is 0 Å². The Kier molecular flexibility index (Phi) is 5.76. The van der Waals surface area contributed by atoms with Gasteiger partial charge in [-0.15, -0.1) is 0 Å². The first-order valence-corrected chi connectivity index (χ1v) is 9.11. The van der Waals surface area contributed by atoms with Crippen LogP contribution in [0, 0.1) is 0 Å². The summed E-state index contributed by atoms with van der Waals surface area (Å²) < 4.78 is 39.5. The van der Waals surface area contributed by atoms with Crippen LogP contribution in [0.3, 0.4) is 0 Å². The van der Waals surface area contributed by atoms with Gasteiger partial charge in [0.05, 0.1) is 0 Å². The molecule has 28 heavy (non-hydrogen) atoms. The highest BCUT2D eigenvalue weighted by molar-refractivity contribution is 5.76. The summed E-state index contributed by atoms with van der Waals surface area (Å²) in [6, 6.07) is 9.63. The van der Waals surface area contributed by atoms with Crippen LogP contribution in [-0.2, 0) is 24.1 Å². The zero-order chi connectivity index (χ0) is 20.3. The third kappa shape index (κ3) is 4.37. The van der Waals surface area contributed by atoms with E-state index in [2.05, 4.69) is 4.90 Å². The van der Waals surface area contributed by atoms with E-state index in [1.165, 1.54) is 11.1 Å². The first-order valence-electron chi connectivity index (χ1n) is 9.11. The minimum absolute atomic E-state index is 0.319. The first kappa shape index (κ1) is 20.0. The maximum absolute atomic E-state index is 12.9. The van der Waals surface area contributed by atoms with Gasteiger partial charge in [0.15, 0.2) is 0 Å². The number of hydrogen-bond acceptors (Lipinski definition) is 3. The fourth-order valence-corrected chi connectivity index (χ4v) is 3.40. The van der Waals surface area contributed by atoms with Gasteiger partial charge >= 0.3 is 6.18 Å². The van der Waals surface area contributed by atoms with Crippen LogP contribution in [-0.4, -0.2) is 35.5 Å². The van der Waals surface area contributed by atoms with E-state index in [9.17, 15) is 22.8 Å². The number of rotatable bonds is 5. The third-order valence-corrected chi connectivity index (χ3v) is 4.90. The van der Waals surface area contributed by atoms with Crippen molar-refractivity contribution in [3.05, 3.63) is 64.1 Å². The average molecular weight is 393 g/mol. The van der Waals surface area contributed by atoms with Gasteiger partial charge in [-0.05, 0) is 36.6 Å². The number of likely N-dealkylation sites (N-methyl/N-ethyl adjacent to an activating group) is 1. The van der Waals surface area contributed by atoms with Gasteiger partial charge in [0.2, 0.25) is 5.91 Å². The molecule has 0 aliphatic carbocycles. The molecule has 0 N–H and O–H groups in total. The van der Waals surface area contributed by atoms with E-state index in [0.717, 1.165) is 53.9 Å². The van der Waals surface area contributed by atoms with Crippen molar-refractivity contribution in [3.8, 4) is 0 Å². The van der Waals surface area contributed by atoms with Crippen LogP contribution in [0.4, 0.5) is 18.9 Å². The Morgan fingerprint density at radius 1 is 1.11 bits per heavy atom. The molecule has 0 saturated carbocycles. The molecule has 1 aromatic carbocycles. The normalized spacial score (nSPS) is 14.4. The van der Waals surface area contributed by atoms with E-state index < -0.39 is 29.8 Å². The molecule has 5 nitrogen and oxygen atoms in total. The van der Waals surface area contributed by atoms with E-state index in [-0.39, 0.29) is 0 Å². The lowest BCUT2D eigenvalue weighted by Gasteiger charge is -2.24. The quantitative estimate of drug-likeness (QED) is 0.784. The minimum Gasteiger partial charge on any atom is -0.371 e. The van der Waals surface area contributed by atoms with E-state index in [1.54, 1.807) is 7.05 Å². The van der Waals surface area contributed by atoms with Gasteiger partial charge in [0, 0.05) is 38.6 Å². The Labute approximate surface area is 161 Å². The summed E-state index contributed by atoms with van der Waals surface area (Å²) >= 11 is 0. The highest BCUT2D eigenvalue weighted by Gasteiger charge is 2.34. The summed E-state index contributed by atoms with van der Waals surface area (Å²) in [6.07, 6.45) is -1.30. The second kappa shape index (κ2) is 8.08. The first-order chi connectivity index (χ1) is 13.3. The van der Waals surface area contributed by atoms with Gasteiger partial charge in [-0.2, -0.15) is 13.2 Å². The minimum atomic E-state index is -4.75. The molecule has 0 bridgehead atoms. The van der Waals surface area contributed by atoms with Crippen molar-refractivity contribution in [2.24, 2.45) is 0 Å². The second-order valence-corrected chi connectivity index (χ2v) is 6.93. The molecule has 2 aromatic rings. The molecule has 1 saturated heterocycles. The molecule has 1 fully saturated rings. The molecule has 1 aliphatic rings. The fraction of sp³-hybridized carbons (Fsp3) is 0.400. The van der Waals surface area contributed by atoms with Gasteiger partial charge in [-0.3, -0.25) is 9.59 Å². The topological polar surface area (TPSA) is 45.5 Å². The molecule has 8 heteroatoms. The Morgan fingerprint density at radius 2 is 1.79 bits per heavy atom. The van der Waals surface area contributed by atoms with Crippen LogP contribution in [0.25, 0.3) is 0 Å². The monoisotopic (exact) mass is 393 g/mol. The summed E-state index contributed by atoms with van der Waals surface area (Å²) in [5.41, 5.74) is -0.452. The van der Waals surface area contributed by atoms with Crippen molar-refractivity contribution in [1.82, 2.24) is 9.47 Å². The second-order valence-electron chi connectivity index (χ2n) is 6.93. The number of carbonyl (C=O) groups is 1. The summed E-state index contributed by atoms with van der Waals surface area (Å²) in [6.45, 7) is 1.81. The summed E-state index contributed by atoms with van der Waals surface area (Å²) in [5.74, 6) is -0.433. The number of alkyl halides is 3. The van der Waals surface area contributed by atoms with Gasteiger partial charge < -0.3 is 14.4 Å². The van der Waals surface area contributed by atoms with E-state index in [1.807, 2.05) is 24.3 Å². The highest BCUT2D eigenvalue weighted by Crippen LogP contribution is 2.26. The molecular weight excluding hydrogens is 371 g/mol. The molecule has 1 aromatic heterocycles. The number of anilines is 1. The number of pyridine rings is 1. The molecular formula is C20H22F3N3O2. The number of amides is 1. The highest BCUT2D eigenvalue weighted by atomic mass is 19.4. The Hall–Kier alpha value is -2.77. The summed E-state index contributed by atoms with van der Waals surface area (Å²) in [5, 5.41) is 0. The smallest absolute Gasteiger partial charge is 0.371 e. The predicted molar refractivity (Wildman–Crippen MR) is 100 cm³/mol. The number of benzene rings is 1. The van der Waals surface area contributed by atoms with Crippen molar-refractivity contribution in [1.29, 1.82) is 0 Å². The number of halogens is 3. The number of aromatic nitrogens is 1. The zero-order valence-electron chi connectivity index (χ0n) is 15.6. The SMILES string of the molecule is CN(Cc1ccccc1N1CCCC1)C(=O)Cn1cccc(C(F)(F)F)c1=O. The molecule has 150 valence electrons. The van der Waals surface area contributed by atoms with E-state index in [4.69, 9.17) is 0 Å². The number of hydrogen-bond donors (Lipinski definition) is 0. The maximum Gasteiger partial charge on any atom is 0.421 e. The lowest BCUT2D eigenvalue weighted by atomic mass is 10.1. The fourth-order valence-electron chi connectivity index (χ4n) is 3.40. The van der Waals surface area contributed by atoms with Crippen LogP contribution >= 0.6 is 0 Å². The Bertz CT molecular complexity index is 902. The van der Waals surface area contributed by atoms with Crippen molar-refractivity contribution in [2.45, 2.75) is 32.1 Å². The van der Waals surface area contributed by atoms with Gasteiger partial charge in [0.1, 0.15) is 12.1 Å². The van der Waals surface area contributed by atoms with Crippen molar-refractivity contribution in [2.75, 3.05) is 25.0 Å². The molecule has 3 rings (SSSR count). The number of carbonyl (C=O) groups excluding carboxylic acids is 1. The van der Waals surface area contributed by atoms with Crippen LogP contribution in [0.15, 0.2) is 47.4 Å². The maximum atomic E-state index is 12.9. The zero-order valence-corrected chi connectivity index (χ0v) is 15.6. The van der Waals surface area contributed by atoms with Crippen LogP contribution in [0.1, 0.15) is 24.0 Å². The lowest BCUT2D eigenvalue weighted by Crippen LogP contribution is -2.36.